The molecule has 1 amide bonds. The molecule has 0 saturated carbocycles. The van der Waals surface area contributed by atoms with E-state index in [1.54, 1.807) is 6.92 Å². The number of hydrogen-bond acceptors (Lipinski definition) is 3. The second kappa shape index (κ2) is 4.96. The van der Waals surface area contributed by atoms with Crippen LogP contribution in [0, 0.1) is 5.92 Å². The second-order valence-corrected chi connectivity index (χ2v) is 3.90. The SMILES string of the molecule is CCOC(=O)N1C=CC(=O)CC1C(C)C. The van der Waals surface area contributed by atoms with E-state index in [1.165, 1.54) is 17.2 Å². The van der Waals surface area contributed by atoms with Crippen LogP contribution in [0.3, 0.4) is 0 Å². The summed E-state index contributed by atoms with van der Waals surface area (Å²) in [6.45, 7) is 6.09. The zero-order valence-electron chi connectivity index (χ0n) is 9.40. The van der Waals surface area contributed by atoms with Crippen molar-refractivity contribution in [3.05, 3.63) is 12.3 Å². The Morgan fingerprint density at radius 2 is 2.33 bits per heavy atom. The standard InChI is InChI=1S/C11H17NO3/c1-4-15-11(14)12-6-5-9(13)7-10(12)8(2)3/h5-6,8,10H,4,7H2,1-3H3. The highest BCUT2D eigenvalue weighted by molar-refractivity contribution is 5.92. The lowest BCUT2D eigenvalue weighted by Crippen LogP contribution is -2.43. The van der Waals surface area contributed by atoms with Gasteiger partial charge in [0.15, 0.2) is 5.78 Å². The van der Waals surface area contributed by atoms with Crippen LogP contribution in [0.25, 0.3) is 0 Å². The molecule has 0 N–H and O–H groups in total. The van der Waals surface area contributed by atoms with Gasteiger partial charge in [0.05, 0.1) is 6.61 Å². The number of nitrogens with zero attached hydrogens (tertiary/aromatic N) is 1. The largest absolute Gasteiger partial charge is 0.449 e. The van der Waals surface area contributed by atoms with Crippen molar-refractivity contribution >= 4 is 11.9 Å². The fraction of sp³-hybridized carbons (Fsp3) is 0.636. The van der Waals surface area contributed by atoms with Crippen LogP contribution in [0.5, 0.6) is 0 Å². The number of rotatable bonds is 2. The minimum absolute atomic E-state index is 0.0641. The van der Waals surface area contributed by atoms with Crippen molar-refractivity contribution in [1.29, 1.82) is 0 Å². The van der Waals surface area contributed by atoms with E-state index in [1.807, 2.05) is 13.8 Å². The molecule has 1 aliphatic heterocycles. The van der Waals surface area contributed by atoms with Crippen molar-refractivity contribution in [3.8, 4) is 0 Å². The van der Waals surface area contributed by atoms with Crippen LogP contribution in [-0.4, -0.2) is 29.4 Å². The molecule has 4 nitrogen and oxygen atoms in total. The summed E-state index contributed by atoms with van der Waals surface area (Å²) in [5.41, 5.74) is 0. The summed E-state index contributed by atoms with van der Waals surface area (Å²) in [6, 6.07) is -0.0819. The molecule has 0 aromatic carbocycles. The topological polar surface area (TPSA) is 46.6 Å². The van der Waals surface area contributed by atoms with E-state index in [4.69, 9.17) is 4.74 Å². The predicted molar refractivity (Wildman–Crippen MR) is 56.3 cm³/mol. The minimum Gasteiger partial charge on any atom is -0.449 e. The molecule has 1 atom stereocenters. The van der Waals surface area contributed by atoms with Crippen LogP contribution in [0.15, 0.2) is 12.3 Å². The molecule has 0 radical (unpaired) electrons. The van der Waals surface area contributed by atoms with E-state index in [2.05, 4.69) is 0 Å². The third-order valence-electron chi connectivity index (χ3n) is 2.44. The summed E-state index contributed by atoms with van der Waals surface area (Å²) in [6.07, 6.45) is 2.96. The molecule has 0 spiro atoms. The van der Waals surface area contributed by atoms with Crippen LogP contribution < -0.4 is 0 Å². The monoisotopic (exact) mass is 211 g/mol. The van der Waals surface area contributed by atoms with E-state index in [0.29, 0.717) is 13.0 Å². The molecule has 0 bridgehead atoms. The first-order valence-electron chi connectivity index (χ1n) is 5.22. The first-order chi connectivity index (χ1) is 7.06. The molecule has 1 heterocycles. The van der Waals surface area contributed by atoms with Gasteiger partial charge in [0.1, 0.15) is 0 Å². The van der Waals surface area contributed by atoms with Gasteiger partial charge >= 0.3 is 6.09 Å². The molecule has 0 saturated heterocycles. The number of ether oxygens (including phenoxy) is 1. The van der Waals surface area contributed by atoms with Crippen molar-refractivity contribution in [2.75, 3.05) is 6.61 Å². The number of carbonyl (C=O) groups excluding carboxylic acids is 2. The summed E-state index contributed by atoms with van der Waals surface area (Å²) in [7, 11) is 0. The third kappa shape index (κ3) is 2.81. The Hall–Kier alpha value is -1.32. The smallest absolute Gasteiger partial charge is 0.414 e. The molecule has 1 unspecified atom stereocenters. The van der Waals surface area contributed by atoms with Crippen molar-refractivity contribution < 1.29 is 14.3 Å². The summed E-state index contributed by atoms with van der Waals surface area (Å²) in [4.78, 5) is 24.3. The molecule has 1 aliphatic rings. The second-order valence-electron chi connectivity index (χ2n) is 3.90. The number of hydrogen-bond donors (Lipinski definition) is 0. The van der Waals surface area contributed by atoms with Gasteiger partial charge in [-0.15, -0.1) is 0 Å². The lowest BCUT2D eigenvalue weighted by molar-refractivity contribution is -0.116. The number of ketones is 1. The van der Waals surface area contributed by atoms with E-state index in [-0.39, 0.29) is 23.8 Å². The maximum absolute atomic E-state index is 11.6. The van der Waals surface area contributed by atoms with Crippen LogP contribution in [0.4, 0.5) is 4.79 Å². The third-order valence-corrected chi connectivity index (χ3v) is 2.44. The summed E-state index contributed by atoms with van der Waals surface area (Å²) in [5, 5.41) is 0. The van der Waals surface area contributed by atoms with Crippen LogP contribution in [-0.2, 0) is 9.53 Å². The highest BCUT2D eigenvalue weighted by atomic mass is 16.6. The highest BCUT2D eigenvalue weighted by Crippen LogP contribution is 2.20. The Bertz CT molecular complexity index is 284. The molecule has 1 rings (SSSR count). The fourth-order valence-corrected chi connectivity index (χ4v) is 1.60. The highest BCUT2D eigenvalue weighted by Gasteiger charge is 2.30. The van der Waals surface area contributed by atoms with Gasteiger partial charge in [0.2, 0.25) is 0 Å². The zero-order chi connectivity index (χ0) is 11.4. The van der Waals surface area contributed by atoms with Crippen molar-refractivity contribution in [2.24, 2.45) is 5.92 Å². The van der Waals surface area contributed by atoms with E-state index >= 15 is 0 Å². The van der Waals surface area contributed by atoms with Crippen LogP contribution >= 0.6 is 0 Å². The number of allylic oxidation sites excluding steroid dienone is 1. The van der Waals surface area contributed by atoms with Crippen LogP contribution in [0.2, 0.25) is 0 Å². The lowest BCUT2D eigenvalue weighted by atomic mass is 9.95. The van der Waals surface area contributed by atoms with Gasteiger partial charge in [-0.1, -0.05) is 13.8 Å². The van der Waals surface area contributed by atoms with Gasteiger partial charge < -0.3 is 4.74 Å². The Labute approximate surface area is 89.9 Å². The first kappa shape index (κ1) is 11.8. The van der Waals surface area contributed by atoms with Crippen molar-refractivity contribution in [3.63, 3.8) is 0 Å². The van der Waals surface area contributed by atoms with Gasteiger partial charge in [-0.2, -0.15) is 0 Å². The predicted octanol–water partition coefficient (Wildman–Crippen LogP) is 1.96. The van der Waals surface area contributed by atoms with Gasteiger partial charge in [-0.05, 0) is 18.9 Å². The summed E-state index contributed by atoms with van der Waals surface area (Å²) >= 11 is 0. The average Bonchev–Trinajstić information content (AvgIpc) is 2.17. The van der Waals surface area contributed by atoms with E-state index < -0.39 is 0 Å². The fourth-order valence-electron chi connectivity index (χ4n) is 1.60. The van der Waals surface area contributed by atoms with Crippen LogP contribution in [0.1, 0.15) is 27.2 Å². The summed E-state index contributed by atoms with van der Waals surface area (Å²) in [5.74, 6) is 0.303. The molecule has 4 heteroatoms. The molecule has 0 aromatic rings. The molecule has 84 valence electrons. The molecule has 0 aliphatic carbocycles. The molecular weight excluding hydrogens is 194 g/mol. The Kier molecular flexibility index (Phi) is 3.88. The van der Waals surface area contributed by atoms with E-state index in [9.17, 15) is 9.59 Å². The van der Waals surface area contributed by atoms with Gasteiger partial charge in [-0.3, -0.25) is 9.69 Å². The first-order valence-corrected chi connectivity index (χ1v) is 5.22. The number of amides is 1. The quantitative estimate of drug-likeness (QED) is 0.701. The Morgan fingerprint density at radius 3 is 2.87 bits per heavy atom. The van der Waals surface area contributed by atoms with Gasteiger partial charge in [0, 0.05) is 18.7 Å². The van der Waals surface area contributed by atoms with Crippen molar-refractivity contribution in [1.82, 2.24) is 4.90 Å². The zero-order valence-corrected chi connectivity index (χ0v) is 9.40. The lowest BCUT2D eigenvalue weighted by Gasteiger charge is -2.32. The maximum Gasteiger partial charge on any atom is 0.414 e. The van der Waals surface area contributed by atoms with Gasteiger partial charge in [-0.25, -0.2) is 4.79 Å². The number of carbonyl (C=O) groups is 2. The average molecular weight is 211 g/mol. The normalized spacial score (nSPS) is 20.9. The van der Waals surface area contributed by atoms with Crippen molar-refractivity contribution in [2.45, 2.75) is 33.2 Å². The molecular formula is C11H17NO3. The van der Waals surface area contributed by atoms with E-state index in [0.717, 1.165) is 0 Å². The Morgan fingerprint density at radius 1 is 1.67 bits per heavy atom. The van der Waals surface area contributed by atoms with Gasteiger partial charge in [0.25, 0.3) is 0 Å². The summed E-state index contributed by atoms with van der Waals surface area (Å²) < 4.78 is 4.92. The molecule has 0 aromatic heterocycles. The maximum atomic E-state index is 11.6. The molecule has 0 fully saturated rings. The minimum atomic E-state index is -0.375. The Balaban J connectivity index is 2.79. The molecule has 15 heavy (non-hydrogen) atoms.